The summed E-state index contributed by atoms with van der Waals surface area (Å²) >= 11 is 0. The topological polar surface area (TPSA) is 88.8 Å². The molecule has 1 atom stereocenters. The summed E-state index contributed by atoms with van der Waals surface area (Å²) in [4.78, 5) is 7.18. The Labute approximate surface area is 208 Å². The predicted octanol–water partition coefficient (Wildman–Crippen LogP) is 2.49. The van der Waals surface area contributed by atoms with Gasteiger partial charge in [-0.2, -0.15) is 0 Å². The first-order valence-electron chi connectivity index (χ1n) is 10.9. The fourth-order valence-electron chi connectivity index (χ4n) is 3.64. The molecule has 1 aliphatic heterocycles. The fraction of sp³-hybridized carbons (Fsp3) is 0.591. The number of methoxy groups -OCH3 is 2. The third-order valence-electron chi connectivity index (χ3n) is 5.56. The number of rotatable bonds is 9. The molecule has 32 heavy (non-hydrogen) atoms. The number of hydrogen-bond donors (Lipinski definition) is 2. The Morgan fingerprint density at radius 1 is 1.28 bits per heavy atom. The molecular weight excluding hydrogens is 521 g/mol. The minimum Gasteiger partial charge on any atom is -0.497 e. The zero-order valence-corrected chi connectivity index (χ0v) is 21.8. The van der Waals surface area contributed by atoms with Crippen molar-refractivity contribution in [2.24, 2.45) is 12.0 Å². The molecule has 178 valence electrons. The van der Waals surface area contributed by atoms with Gasteiger partial charge in [-0.05, 0) is 38.3 Å². The Hall–Kier alpha value is -2.08. The predicted molar refractivity (Wildman–Crippen MR) is 138 cm³/mol. The van der Waals surface area contributed by atoms with E-state index in [-0.39, 0.29) is 24.0 Å². The van der Waals surface area contributed by atoms with Gasteiger partial charge in [-0.15, -0.1) is 34.2 Å². The summed E-state index contributed by atoms with van der Waals surface area (Å²) in [6.45, 7) is 5.88. The van der Waals surface area contributed by atoms with Gasteiger partial charge in [0.25, 0.3) is 0 Å². The summed E-state index contributed by atoms with van der Waals surface area (Å²) in [6.07, 6.45) is 3.14. The van der Waals surface area contributed by atoms with Crippen molar-refractivity contribution in [3.05, 3.63) is 35.9 Å². The number of aliphatic imine (C=N–C) groups is 1. The molecule has 2 heterocycles. The van der Waals surface area contributed by atoms with E-state index in [4.69, 9.17) is 14.5 Å². The van der Waals surface area contributed by atoms with Crippen molar-refractivity contribution in [1.29, 1.82) is 0 Å². The molecule has 2 aromatic rings. The lowest BCUT2D eigenvalue weighted by Crippen LogP contribution is -2.51. The maximum atomic E-state index is 5.39. The highest BCUT2D eigenvalue weighted by molar-refractivity contribution is 14.0. The highest BCUT2D eigenvalue weighted by Gasteiger charge is 2.21. The molecule has 2 N–H and O–H groups in total. The van der Waals surface area contributed by atoms with Gasteiger partial charge in [-0.25, -0.2) is 4.99 Å². The Morgan fingerprint density at radius 2 is 2.12 bits per heavy atom. The standard InChI is InChI=1S/C22H35N7O2.HI/c1-17-26-27-21(28(17)2)15-24-22(23-11-7-13-30-3)25-18-8-6-12-29(16-18)19-9-5-10-20(14-19)31-4;/h5,9-10,14,18H,6-8,11-13,15-16H2,1-4H3,(H2,23,24,25);1H. The van der Waals surface area contributed by atoms with Crippen LogP contribution in [0.2, 0.25) is 0 Å². The molecule has 1 aliphatic rings. The van der Waals surface area contributed by atoms with Crippen molar-refractivity contribution in [1.82, 2.24) is 25.4 Å². The van der Waals surface area contributed by atoms with E-state index in [1.165, 1.54) is 5.69 Å². The van der Waals surface area contributed by atoms with Gasteiger partial charge in [-0.3, -0.25) is 0 Å². The largest absolute Gasteiger partial charge is 0.497 e. The third-order valence-corrected chi connectivity index (χ3v) is 5.56. The number of guanidine groups is 1. The van der Waals surface area contributed by atoms with Crippen molar-refractivity contribution in [3.8, 4) is 5.75 Å². The summed E-state index contributed by atoms with van der Waals surface area (Å²) in [5, 5.41) is 15.4. The molecule has 1 aromatic carbocycles. The molecule has 1 fully saturated rings. The van der Waals surface area contributed by atoms with Gasteiger partial charge in [-0.1, -0.05) is 6.07 Å². The number of halogens is 1. The number of hydrogen-bond acceptors (Lipinski definition) is 6. The van der Waals surface area contributed by atoms with E-state index in [9.17, 15) is 0 Å². The third kappa shape index (κ3) is 7.51. The number of anilines is 1. The van der Waals surface area contributed by atoms with Crippen LogP contribution in [0.3, 0.4) is 0 Å². The maximum absolute atomic E-state index is 5.39. The van der Waals surface area contributed by atoms with Crippen LogP contribution in [-0.2, 0) is 18.3 Å². The van der Waals surface area contributed by atoms with Crippen LogP contribution in [0.4, 0.5) is 5.69 Å². The normalized spacial score (nSPS) is 16.4. The zero-order valence-electron chi connectivity index (χ0n) is 19.5. The maximum Gasteiger partial charge on any atom is 0.191 e. The Kier molecular flexibility index (Phi) is 11.0. The molecule has 0 saturated carbocycles. The van der Waals surface area contributed by atoms with Crippen molar-refractivity contribution in [2.45, 2.75) is 38.8 Å². The second-order valence-corrected chi connectivity index (χ2v) is 7.79. The van der Waals surface area contributed by atoms with Crippen LogP contribution in [0, 0.1) is 6.92 Å². The molecule has 0 spiro atoms. The molecule has 9 nitrogen and oxygen atoms in total. The van der Waals surface area contributed by atoms with E-state index in [2.05, 4.69) is 37.9 Å². The number of nitrogens with one attached hydrogen (secondary N) is 2. The molecular formula is C22H36IN7O2. The average Bonchev–Trinajstić information content (AvgIpc) is 3.12. The molecule has 1 saturated heterocycles. The van der Waals surface area contributed by atoms with Gasteiger partial charge >= 0.3 is 0 Å². The van der Waals surface area contributed by atoms with Crippen LogP contribution in [0.15, 0.2) is 29.3 Å². The highest BCUT2D eigenvalue weighted by Crippen LogP contribution is 2.24. The average molecular weight is 557 g/mol. The van der Waals surface area contributed by atoms with E-state index in [0.717, 1.165) is 68.9 Å². The minimum absolute atomic E-state index is 0. The van der Waals surface area contributed by atoms with Crippen LogP contribution in [0.5, 0.6) is 5.75 Å². The number of piperidine rings is 1. The second-order valence-electron chi connectivity index (χ2n) is 7.79. The smallest absolute Gasteiger partial charge is 0.191 e. The number of nitrogens with zero attached hydrogens (tertiary/aromatic N) is 5. The molecule has 0 aliphatic carbocycles. The van der Waals surface area contributed by atoms with Gasteiger partial charge in [0.2, 0.25) is 0 Å². The number of benzene rings is 1. The molecule has 1 aromatic heterocycles. The Bertz CT molecular complexity index is 859. The van der Waals surface area contributed by atoms with E-state index in [1.54, 1.807) is 14.2 Å². The molecule has 0 bridgehead atoms. The van der Waals surface area contributed by atoms with Crippen molar-refractivity contribution in [2.75, 3.05) is 45.4 Å². The van der Waals surface area contributed by atoms with Crippen LogP contribution >= 0.6 is 24.0 Å². The second kappa shape index (κ2) is 13.5. The van der Waals surface area contributed by atoms with Crippen LogP contribution < -0.4 is 20.3 Å². The lowest BCUT2D eigenvalue weighted by molar-refractivity contribution is 0.195. The highest BCUT2D eigenvalue weighted by atomic mass is 127. The first kappa shape index (κ1) is 26.2. The quantitative estimate of drug-likeness (QED) is 0.212. The van der Waals surface area contributed by atoms with Crippen molar-refractivity contribution >= 4 is 35.6 Å². The molecule has 1 unspecified atom stereocenters. The lowest BCUT2D eigenvalue weighted by atomic mass is 10.0. The Morgan fingerprint density at radius 3 is 2.84 bits per heavy atom. The summed E-state index contributed by atoms with van der Waals surface area (Å²) in [7, 11) is 5.39. The van der Waals surface area contributed by atoms with E-state index < -0.39 is 0 Å². The Balaban J connectivity index is 0.00000363. The first-order chi connectivity index (χ1) is 15.1. The van der Waals surface area contributed by atoms with Crippen LogP contribution in [0.1, 0.15) is 30.9 Å². The van der Waals surface area contributed by atoms with Gasteiger partial charge in [0.1, 0.15) is 18.1 Å². The zero-order chi connectivity index (χ0) is 22.1. The summed E-state index contributed by atoms with van der Waals surface area (Å²) in [5.74, 6) is 3.41. The van der Waals surface area contributed by atoms with Crippen LogP contribution in [0.25, 0.3) is 0 Å². The first-order valence-corrected chi connectivity index (χ1v) is 10.9. The van der Waals surface area contributed by atoms with Gasteiger partial charge in [0.05, 0.1) is 7.11 Å². The SMILES string of the molecule is COCCCNC(=NCc1nnc(C)n1C)NC1CCCN(c2cccc(OC)c2)C1.I. The van der Waals surface area contributed by atoms with Crippen molar-refractivity contribution in [3.63, 3.8) is 0 Å². The summed E-state index contributed by atoms with van der Waals surface area (Å²) in [5.41, 5.74) is 1.19. The fourth-order valence-corrected chi connectivity index (χ4v) is 3.64. The minimum atomic E-state index is 0. The number of aromatic nitrogens is 3. The van der Waals surface area contributed by atoms with E-state index >= 15 is 0 Å². The summed E-state index contributed by atoms with van der Waals surface area (Å²) in [6, 6.07) is 8.55. The van der Waals surface area contributed by atoms with Crippen LogP contribution in [-0.4, -0.2) is 67.2 Å². The van der Waals surface area contributed by atoms with Crippen molar-refractivity contribution < 1.29 is 9.47 Å². The van der Waals surface area contributed by atoms with Gasteiger partial charge < -0.3 is 29.6 Å². The molecule has 0 radical (unpaired) electrons. The number of ether oxygens (including phenoxy) is 2. The van der Waals surface area contributed by atoms with Gasteiger partial charge in [0.15, 0.2) is 11.8 Å². The van der Waals surface area contributed by atoms with Gasteiger partial charge in [0, 0.05) is 58.2 Å². The lowest BCUT2D eigenvalue weighted by Gasteiger charge is -2.35. The number of aryl methyl sites for hydroxylation is 1. The monoisotopic (exact) mass is 557 g/mol. The van der Waals surface area contributed by atoms with E-state index in [0.29, 0.717) is 12.6 Å². The molecule has 10 heteroatoms. The molecule has 0 amide bonds. The summed E-state index contributed by atoms with van der Waals surface area (Å²) < 4.78 is 12.5. The van der Waals surface area contributed by atoms with E-state index in [1.807, 2.05) is 30.7 Å². The molecule has 3 rings (SSSR count).